The molecule has 4 aromatic rings. The lowest BCUT2D eigenvalue weighted by atomic mass is 10.0. The van der Waals surface area contributed by atoms with E-state index in [-0.39, 0.29) is 16.9 Å². The summed E-state index contributed by atoms with van der Waals surface area (Å²) < 4.78 is 29.9. The Bertz CT molecular complexity index is 1110. The van der Waals surface area contributed by atoms with Gasteiger partial charge in [-0.25, -0.2) is 23.3 Å². The lowest BCUT2D eigenvalue weighted by Crippen LogP contribution is -2.01. The lowest BCUT2D eigenvalue weighted by Gasteiger charge is -2.06. The Morgan fingerprint density at radius 2 is 1.96 bits per heavy atom. The molecule has 0 saturated carbocycles. The van der Waals surface area contributed by atoms with Crippen molar-refractivity contribution < 1.29 is 13.9 Å². The molecule has 3 heterocycles. The van der Waals surface area contributed by atoms with Crippen LogP contribution in [0.25, 0.3) is 28.0 Å². The summed E-state index contributed by atoms with van der Waals surface area (Å²) in [5.74, 6) is -1.48. The topological polar surface area (TPSA) is 89.3 Å². The van der Waals surface area contributed by atoms with Crippen LogP contribution in [-0.4, -0.2) is 24.7 Å². The Morgan fingerprint density at radius 3 is 2.58 bits per heavy atom. The Balaban J connectivity index is 2.02. The first-order valence-electron chi connectivity index (χ1n) is 7.63. The number of anilines is 1. The molecule has 3 N–H and O–H groups in total. The molecule has 4 rings (SSSR count). The minimum absolute atomic E-state index is 0.181. The fourth-order valence-electron chi connectivity index (χ4n) is 2.86. The molecule has 26 heavy (non-hydrogen) atoms. The van der Waals surface area contributed by atoms with Crippen molar-refractivity contribution in [3.05, 3.63) is 52.1 Å². The third kappa shape index (κ3) is 2.52. The maximum Gasteiger partial charge on any atom is 0.152 e. The van der Waals surface area contributed by atoms with E-state index >= 15 is 0 Å². The number of fused-ring (bicyclic) bond motifs is 1. The van der Waals surface area contributed by atoms with E-state index < -0.39 is 18.2 Å². The average Bonchev–Trinajstić information content (AvgIpc) is 3.19. The van der Waals surface area contributed by atoms with Crippen molar-refractivity contribution >= 4 is 22.7 Å². The zero-order valence-electron chi connectivity index (χ0n) is 13.6. The molecule has 0 fully saturated rings. The lowest BCUT2D eigenvalue weighted by molar-refractivity contribution is 0.269. The minimum atomic E-state index is -0.830. The van der Waals surface area contributed by atoms with Crippen molar-refractivity contribution in [3.8, 4) is 22.5 Å². The summed E-state index contributed by atoms with van der Waals surface area (Å²) in [6.07, 6.45) is 1.31. The largest absolute Gasteiger partial charge is 0.391 e. The van der Waals surface area contributed by atoms with E-state index in [9.17, 15) is 8.78 Å². The van der Waals surface area contributed by atoms with Gasteiger partial charge in [0.1, 0.15) is 23.5 Å². The quantitative estimate of drug-likeness (QED) is 0.576. The monoisotopic (exact) mass is 373 g/mol. The average molecular weight is 373 g/mol. The minimum Gasteiger partial charge on any atom is -0.391 e. The summed E-state index contributed by atoms with van der Waals surface area (Å²) in [6, 6.07) is 4.04. The Labute approximate surface area is 150 Å². The van der Waals surface area contributed by atoms with Gasteiger partial charge in [0.25, 0.3) is 0 Å². The normalized spacial score (nSPS) is 11.4. The second-order valence-electron chi connectivity index (χ2n) is 5.68. The predicted molar refractivity (Wildman–Crippen MR) is 94.5 cm³/mol. The molecule has 6 nitrogen and oxygen atoms in total. The molecule has 0 radical (unpaired) electrons. The number of aliphatic hydroxyl groups is 1. The molecule has 1 aromatic carbocycles. The van der Waals surface area contributed by atoms with Crippen LogP contribution in [0.5, 0.6) is 0 Å². The number of nitrogens with two attached hydrogens (primary N) is 1. The molecule has 0 aliphatic rings. The Hall–Kier alpha value is -2.91. The molecule has 0 aliphatic carbocycles. The van der Waals surface area contributed by atoms with E-state index in [0.717, 1.165) is 17.1 Å². The summed E-state index contributed by atoms with van der Waals surface area (Å²) in [5.41, 5.74) is 8.13. The van der Waals surface area contributed by atoms with Gasteiger partial charge in [0.2, 0.25) is 0 Å². The summed E-state index contributed by atoms with van der Waals surface area (Å²) in [7, 11) is 0. The molecule has 9 heteroatoms. The number of halogens is 2. The Morgan fingerprint density at radius 1 is 1.23 bits per heavy atom. The van der Waals surface area contributed by atoms with Gasteiger partial charge in [-0.05, 0) is 30.7 Å². The highest BCUT2D eigenvalue weighted by atomic mass is 32.1. The maximum atomic E-state index is 14.2. The summed E-state index contributed by atoms with van der Waals surface area (Å²) in [6.45, 7) is 1.16. The highest BCUT2D eigenvalue weighted by Crippen LogP contribution is 2.36. The molecular formula is C17H13F2N5OS. The summed E-state index contributed by atoms with van der Waals surface area (Å²) >= 11 is 1.48. The van der Waals surface area contributed by atoms with Crippen LogP contribution in [0.15, 0.2) is 29.9 Å². The van der Waals surface area contributed by atoms with E-state index in [1.165, 1.54) is 17.7 Å². The first-order valence-corrected chi connectivity index (χ1v) is 8.51. The number of rotatable bonds is 3. The van der Waals surface area contributed by atoms with Gasteiger partial charge in [-0.15, -0.1) is 11.3 Å². The molecule has 0 unspecified atom stereocenters. The van der Waals surface area contributed by atoms with Gasteiger partial charge in [0.05, 0.1) is 23.0 Å². The van der Waals surface area contributed by atoms with Gasteiger partial charge < -0.3 is 10.8 Å². The molecule has 0 spiro atoms. The highest BCUT2D eigenvalue weighted by molar-refractivity contribution is 7.09. The van der Waals surface area contributed by atoms with Crippen molar-refractivity contribution in [1.82, 2.24) is 19.6 Å². The van der Waals surface area contributed by atoms with Gasteiger partial charge in [-0.1, -0.05) is 0 Å². The van der Waals surface area contributed by atoms with Crippen LogP contribution in [0.2, 0.25) is 0 Å². The molecule has 0 aliphatic heterocycles. The van der Waals surface area contributed by atoms with E-state index in [0.29, 0.717) is 22.5 Å². The van der Waals surface area contributed by atoms with Crippen molar-refractivity contribution in [1.29, 1.82) is 0 Å². The number of aliphatic hydroxyl groups excluding tert-OH is 1. The Kier molecular flexibility index (Phi) is 3.89. The molecule has 0 atom stereocenters. The number of nitrogens with zero attached hydrogens (tertiary/aromatic N) is 4. The number of nitrogen functional groups attached to an aromatic ring is 1. The van der Waals surface area contributed by atoms with E-state index in [1.54, 1.807) is 10.6 Å². The van der Waals surface area contributed by atoms with E-state index in [4.69, 9.17) is 10.8 Å². The van der Waals surface area contributed by atoms with Crippen LogP contribution in [-0.2, 0) is 6.61 Å². The van der Waals surface area contributed by atoms with Crippen LogP contribution in [0, 0.1) is 18.6 Å². The van der Waals surface area contributed by atoms with E-state index in [1.807, 2.05) is 12.3 Å². The number of hydrogen-bond acceptors (Lipinski definition) is 6. The number of thiazole rings is 1. The number of aryl methyl sites for hydroxylation is 1. The van der Waals surface area contributed by atoms with Gasteiger partial charge in [-0.2, -0.15) is 5.10 Å². The SMILES string of the molecule is Cc1nc(-c2cc(-c3cc(F)c(CO)c(F)c3)c3c(N)ncnn23)cs1. The van der Waals surface area contributed by atoms with Crippen molar-refractivity contribution in [2.75, 3.05) is 5.73 Å². The van der Waals surface area contributed by atoms with Gasteiger partial charge >= 0.3 is 0 Å². The second-order valence-corrected chi connectivity index (χ2v) is 6.74. The fourth-order valence-corrected chi connectivity index (χ4v) is 3.47. The first kappa shape index (κ1) is 16.6. The standard InChI is InChI=1S/C17H13F2N5OS/c1-8-23-14(6-26-8)15-4-10(16-17(20)21-7-22-24(15)16)9-2-12(18)11(5-25)13(19)3-9/h2-4,6-7,25H,5H2,1H3,(H2,20,21,22). The molecule has 0 amide bonds. The first-order chi connectivity index (χ1) is 12.5. The van der Waals surface area contributed by atoms with Crippen molar-refractivity contribution in [2.24, 2.45) is 0 Å². The van der Waals surface area contributed by atoms with Gasteiger partial charge in [0.15, 0.2) is 5.82 Å². The molecular weight excluding hydrogens is 360 g/mol. The zero-order valence-corrected chi connectivity index (χ0v) is 14.4. The third-order valence-electron chi connectivity index (χ3n) is 4.07. The molecule has 132 valence electrons. The number of aromatic nitrogens is 4. The van der Waals surface area contributed by atoms with E-state index in [2.05, 4.69) is 15.1 Å². The summed E-state index contributed by atoms with van der Waals surface area (Å²) in [4.78, 5) is 8.43. The van der Waals surface area contributed by atoms with Crippen LogP contribution >= 0.6 is 11.3 Å². The van der Waals surface area contributed by atoms with Crippen LogP contribution in [0.1, 0.15) is 10.6 Å². The summed E-state index contributed by atoms with van der Waals surface area (Å²) in [5, 5.41) is 16.1. The van der Waals surface area contributed by atoms with Gasteiger partial charge in [0, 0.05) is 16.5 Å². The zero-order chi connectivity index (χ0) is 18.4. The van der Waals surface area contributed by atoms with Gasteiger partial charge in [-0.3, -0.25) is 0 Å². The second kappa shape index (κ2) is 6.11. The van der Waals surface area contributed by atoms with Crippen LogP contribution < -0.4 is 5.73 Å². The highest BCUT2D eigenvalue weighted by Gasteiger charge is 2.20. The van der Waals surface area contributed by atoms with Crippen LogP contribution in [0.4, 0.5) is 14.6 Å². The molecule has 3 aromatic heterocycles. The fraction of sp³-hybridized carbons (Fsp3) is 0.118. The number of benzene rings is 1. The third-order valence-corrected chi connectivity index (χ3v) is 4.85. The predicted octanol–water partition coefficient (Wildman–Crippen LogP) is 3.18. The van der Waals surface area contributed by atoms with Crippen molar-refractivity contribution in [2.45, 2.75) is 13.5 Å². The molecule has 0 saturated heterocycles. The smallest absolute Gasteiger partial charge is 0.152 e. The molecule has 0 bridgehead atoms. The number of hydrogen-bond donors (Lipinski definition) is 2. The van der Waals surface area contributed by atoms with Crippen LogP contribution in [0.3, 0.4) is 0 Å². The van der Waals surface area contributed by atoms with Crippen molar-refractivity contribution in [3.63, 3.8) is 0 Å². The maximum absolute atomic E-state index is 14.2.